The summed E-state index contributed by atoms with van der Waals surface area (Å²) in [7, 11) is 0. The summed E-state index contributed by atoms with van der Waals surface area (Å²) in [5.74, 6) is 3.51. The summed E-state index contributed by atoms with van der Waals surface area (Å²) in [5.41, 5.74) is 1.06. The second-order valence-electron chi connectivity index (χ2n) is 6.20. The molecule has 21 heavy (non-hydrogen) atoms. The third kappa shape index (κ3) is 4.06. The Kier molecular flexibility index (Phi) is 5.39. The molecule has 0 spiro atoms. The predicted molar refractivity (Wildman–Crippen MR) is 86.9 cm³/mol. The van der Waals surface area contributed by atoms with Crippen LogP contribution in [0, 0.1) is 12.8 Å². The second-order valence-corrected chi connectivity index (χ2v) is 6.20. The molecule has 2 unspecified atom stereocenters. The van der Waals surface area contributed by atoms with Crippen molar-refractivity contribution < 1.29 is 5.11 Å². The van der Waals surface area contributed by atoms with E-state index in [1.165, 1.54) is 12.8 Å². The van der Waals surface area contributed by atoms with E-state index in [-0.39, 0.29) is 18.6 Å². The molecular formula is C16H28N4O. The van der Waals surface area contributed by atoms with Crippen LogP contribution >= 0.6 is 0 Å². The van der Waals surface area contributed by atoms with Gasteiger partial charge in [0.1, 0.15) is 17.5 Å². The second kappa shape index (κ2) is 7.07. The molecule has 1 fully saturated rings. The average molecular weight is 292 g/mol. The Morgan fingerprint density at radius 1 is 1.24 bits per heavy atom. The highest BCUT2D eigenvalue weighted by Gasteiger charge is 2.28. The summed E-state index contributed by atoms with van der Waals surface area (Å²) in [6, 6.07) is 0.176. The van der Waals surface area contributed by atoms with Crippen LogP contribution in [0.3, 0.4) is 0 Å². The van der Waals surface area contributed by atoms with Gasteiger partial charge in [0.15, 0.2) is 0 Å². The van der Waals surface area contributed by atoms with Crippen molar-refractivity contribution in [1.82, 2.24) is 9.97 Å². The fraction of sp³-hybridized carbons (Fsp3) is 0.750. The van der Waals surface area contributed by atoms with E-state index in [9.17, 15) is 5.11 Å². The fourth-order valence-electron chi connectivity index (χ4n) is 2.13. The first kappa shape index (κ1) is 16.0. The monoisotopic (exact) mass is 292 g/mol. The van der Waals surface area contributed by atoms with Gasteiger partial charge in [-0.15, -0.1) is 0 Å². The van der Waals surface area contributed by atoms with E-state index in [1.807, 2.05) is 13.8 Å². The van der Waals surface area contributed by atoms with E-state index in [2.05, 4.69) is 24.5 Å². The number of aromatic nitrogens is 2. The molecule has 1 saturated carbocycles. The van der Waals surface area contributed by atoms with Crippen LogP contribution in [0.25, 0.3) is 0 Å². The molecule has 118 valence electrons. The van der Waals surface area contributed by atoms with Crippen molar-refractivity contribution in [3.63, 3.8) is 0 Å². The third-order valence-corrected chi connectivity index (χ3v) is 4.15. The number of hydrogen-bond acceptors (Lipinski definition) is 5. The van der Waals surface area contributed by atoms with Crippen LogP contribution in [0.5, 0.6) is 0 Å². The lowest BCUT2D eigenvalue weighted by Crippen LogP contribution is -2.27. The van der Waals surface area contributed by atoms with Gasteiger partial charge in [0.25, 0.3) is 0 Å². The van der Waals surface area contributed by atoms with Gasteiger partial charge in [0.2, 0.25) is 0 Å². The van der Waals surface area contributed by atoms with Crippen molar-refractivity contribution >= 4 is 11.6 Å². The average Bonchev–Trinajstić information content (AvgIpc) is 3.31. The largest absolute Gasteiger partial charge is 0.396 e. The first-order chi connectivity index (χ1) is 10.1. The number of hydrogen-bond donors (Lipinski definition) is 3. The van der Waals surface area contributed by atoms with Gasteiger partial charge in [-0.3, -0.25) is 0 Å². The number of aliphatic hydroxyl groups excluding tert-OH is 1. The predicted octanol–water partition coefficient (Wildman–Crippen LogP) is 2.91. The highest BCUT2D eigenvalue weighted by molar-refractivity contribution is 5.58. The zero-order valence-corrected chi connectivity index (χ0v) is 13.6. The zero-order chi connectivity index (χ0) is 15.4. The van der Waals surface area contributed by atoms with Crippen LogP contribution < -0.4 is 10.6 Å². The van der Waals surface area contributed by atoms with E-state index >= 15 is 0 Å². The van der Waals surface area contributed by atoms with Gasteiger partial charge < -0.3 is 15.7 Å². The van der Waals surface area contributed by atoms with Gasteiger partial charge in [0, 0.05) is 30.7 Å². The quantitative estimate of drug-likeness (QED) is 0.687. The van der Waals surface area contributed by atoms with E-state index in [0.717, 1.165) is 36.0 Å². The van der Waals surface area contributed by atoms with Crippen LogP contribution in [0.4, 0.5) is 11.6 Å². The summed E-state index contributed by atoms with van der Waals surface area (Å²) in [4.78, 5) is 9.41. The van der Waals surface area contributed by atoms with Crippen molar-refractivity contribution in [1.29, 1.82) is 0 Å². The summed E-state index contributed by atoms with van der Waals surface area (Å²) < 4.78 is 0. The standard InChI is InChI=1S/C16H28N4O/c1-5-8-17-14-11(3)15(18-12(4)10(2)9-21)20-16(19-14)13-6-7-13/h10,12-13,21H,5-9H2,1-4H3,(H2,17,18,19,20). The van der Waals surface area contributed by atoms with Gasteiger partial charge in [-0.1, -0.05) is 13.8 Å². The van der Waals surface area contributed by atoms with Crippen molar-refractivity contribution in [3.05, 3.63) is 11.4 Å². The minimum Gasteiger partial charge on any atom is -0.396 e. The smallest absolute Gasteiger partial charge is 0.136 e. The zero-order valence-electron chi connectivity index (χ0n) is 13.6. The molecule has 5 nitrogen and oxygen atoms in total. The van der Waals surface area contributed by atoms with Crippen LogP contribution in [-0.2, 0) is 0 Å². The summed E-state index contributed by atoms with van der Waals surface area (Å²) in [5, 5.41) is 16.1. The van der Waals surface area contributed by atoms with Crippen LogP contribution in [0.15, 0.2) is 0 Å². The molecule has 0 radical (unpaired) electrons. The molecule has 3 N–H and O–H groups in total. The maximum Gasteiger partial charge on any atom is 0.136 e. The molecule has 2 rings (SSSR count). The summed E-state index contributed by atoms with van der Waals surface area (Å²) >= 11 is 0. The Bertz CT molecular complexity index is 474. The molecule has 1 aliphatic rings. The lowest BCUT2D eigenvalue weighted by atomic mass is 10.1. The maximum absolute atomic E-state index is 9.29. The normalized spacial score (nSPS) is 17.4. The first-order valence-electron chi connectivity index (χ1n) is 8.06. The topological polar surface area (TPSA) is 70.1 Å². The van der Waals surface area contributed by atoms with E-state index < -0.39 is 0 Å². The third-order valence-electron chi connectivity index (χ3n) is 4.15. The molecule has 1 aromatic heterocycles. The Morgan fingerprint density at radius 2 is 1.90 bits per heavy atom. The van der Waals surface area contributed by atoms with E-state index in [1.54, 1.807) is 0 Å². The molecule has 0 bridgehead atoms. The number of anilines is 2. The van der Waals surface area contributed by atoms with Gasteiger partial charge in [-0.25, -0.2) is 9.97 Å². The summed E-state index contributed by atoms with van der Waals surface area (Å²) in [6.45, 7) is 9.41. The van der Waals surface area contributed by atoms with Gasteiger partial charge in [0.05, 0.1) is 0 Å². The number of nitrogens with zero attached hydrogens (tertiary/aromatic N) is 2. The number of aliphatic hydroxyl groups is 1. The molecule has 0 amide bonds. The summed E-state index contributed by atoms with van der Waals surface area (Å²) in [6.07, 6.45) is 3.46. The van der Waals surface area contributed by atoms with Gasteiger partial charge >= 0.3 is 0 Å². The Hall–Kier alpha value is -1.36. The molecule has 0 saturated heterocycles. The molecule has 2 atom stereocenters. The number of nitrogens with one attached hydrogen (secondary N) is 2. The van der Waals surface area contributed by atoms with Crippen LogP contribution in [0.2, 0.25) is 0 Å². The van der Waals surface area contributed by atoms with Crippen molar-refractivity contribution in [2.24, 2.45) is 5.92 Å². The Balaban J connectivity index is 2.23. The van der Waals surface area contributed by atoms with Gasteiger partial charge in [-0.05, 0) is 39.0 Å². The van der Waals surface area contributed by atoms with Crippen molar-refractivity contribution in [2.45, 2.75) is 58.9 Å². The van der Waals surface area contributed by atoms with Crippen molar-refractivity contribution in [2.75, 3.05) is 23.8 Å². The maximum atomic E-state index is 9.29. The lowest BCUT2D eigenvalue weighted by molar-refractivity contribution is 0.226. The van der Waals surface area contributed by atoms with Crippen molar-refractivity contribution in [3.8, 4) is 0 Å². The molecule has 1 aliphatic carbocycles. The Labute approximate surface area is 127 Å². The minimum atomic E-state index is 0.175. The van der Waals surface area contributed by atoms with E-state index in [0.29, 0.717) is 5.92 Å². The highest BCUT2D eigenvalue weighted by atomic mass is 16.3. The molecule has 1 heterocycles. The highest BCUT2D eigenvalue weighted by Crippen LogP contribution is 2.39. The Morgan fingerprint density at radius 3 is 2.48 bits per heavy atom. The van der Waals surface area contributed by atoms with E-state index in [4.69, 9.17) is 9.97 Å². The minimum absolute atomic E-state index is 0.175. The number of rotatable bonds is 8. The first-order valence-corrected chi connectivity index (χ1v) is 8.06. The molecule has 5 heteroatoms. The lowest BCUT2D eigenvalue weighted by Gasteiger charge is -2.22. The molecule has 0 aliphatic heterocycles. The van der Waals surface area contributed by atoms with Crippen LogP contribution in [-0.4, -0.2) is 34.3 Å². The molecule has 0 aromatic carbocycles. The fourth-order valence-corrected chi connectivity index (χ4v) is 2.13. The SMILES string of the molecule is CCCNc1nc(C2CC2)nc(NC(C)C(C)CO)c1C. The van der Waals surface area contributed by atoms with Crippen LogP contribution in [0.1, 0.15) is 57.3 Å². The molecular weight excluding hydrogens is 264 g/mol. The van der Waals surface area contributed by atoms with Gasteiger partial charge in [-0.2, -0.15) is 0 Å². The molecule has 1 aromatic rings.